The maximum absolute atomic E-state index is 13.0. The van der Waals surface area contributed by atoms with Crippen molar-refractivity contribution in [3.05, 3.63) is 54.1 Å². The van der Waals surface area contributed by atoms with Gasteiger partial charge in [-0.1, -0.05) is 18.9 Å². The van der Waals surface area contributed by atoms with E-state index in [-0.39, 0.29) is 10.9 Å². The van der Waals surface area contributed by atoms with Crippen molar-refractivity contribution in [2.24, 2.45) is 11.8 Å². The first-order valence-electron chi connectivity index (χ1n) is 10.7. The number of sulfonamides is 1. The van der Waals surface area contributed by atoms with E-state index < -0.39 is 15.9 Å². The number of anilines is 1. The number of thioether (sulfide) groups is 1. The first kappa shape index (κ1) is 23.5. The van der Waals surface area contributed by atoms with Crippen molar-refractivity contribution in [1.82, 2.24) is 14.5 Å². The molecule has 4 rings (SSSR count). The molecule has 2 aromatic carbocycles. The van der Waals surface area contributed by atoms with E-state index >= 15 is 0 Å². The number of hydrogen-bond acceptors (Lipinski definition) is 7. The lowest BCUT2D eigenvalue weighted by molar-refractivity contribution is 0.102. The Morgan fingerprint density at radius 2 is 1.67 bits per heavy atom. The van der Waals surface area contributed by atoms with E-state index in [4.69, 9.17) is 4.42 Å². The second kappa shape index (κ2) is 9.66. The van der Waals surface area contributed by atoms with Gasteiger partial charge >= 0.3 is 6.01 Å². The Morgan fingerprint density at radius 1 is 1.03 bits per heavy atom. The predicted molar refractivity (Wildman–Crippen MR) is 128 cm³/mol. The summed E-state index contributed by atoms with van der Waals surface area (Å²) in [6.07, 6.45) is 3.01. The Bertz CT molecular complexity index is 1210. The van der Waals surface area contributed by atoms with Crippen LogP contribution < -0.4 is 5.32 Å². The van der Waals surface area contributed by atoms with Gasteiger partial charge in [0.2, 0.25) is 15.9 Å². The molecule has 2 heterocycles. The van der Waals surface area contributed by atoms with Crippen LogP contribution in [0, 0.1) is 11.8 Å². The molecule has 1 saturated heterocycles. The van der Waals surface area contributed by atoms with Crippen molar-refractivity contribution in [2.75, 3.05) is 24.7 Å². The minimum Gasteiger partial charge on any atom is -0.403 e. The van der Waals surface area contributed by atoms with Gasteiger partial charge in [0.25, 0.3) is 5.91 Å². The third kappa shape index (κ3) is 5.29. The van der Waals surface area contributed by atoms with Crippen LogP contribution in [0.15, 0.2) is 62.7 Å². The molecule has 1 aromatic heterocycles. The summed E-state index contributed by atoms with van der Waals surface area (Å²) in [6.45, 7) is 5.14. The molecule has 10 heteroatoms. The molecule has 0 bridgehead atoms. The number of nitrogens with zero attached hydrogens (tertiary/aromatic N) is 3. The molecule has 2 atom stereocenters. The highest BCUT2D eigenvalue weighted by Crippen LogP contribution is 2.27. The topological polar surface area (TPSA) is 105 Å². The molecule has 0 saturated carbocycles. The Kier molecular flexibility index (Phi) is 6.87. The van der Waals surface area contributed by atoms with Crippen LogP contribution in [0.4, 0.5) is 6.01 Å². The van der Waals surface area contributed by atoms with Crippen LogP contribution in [0.5, 0.6) is 0 Å². The van der Waals surface area contributed by atoms with Crippen LogP contribution in [-0.4, -0.2) is 48.2 Å². The lowest BCUT2D eigenvalue weighted by Crippen LogP contribution is -2.42. The summed E-state index contributed by atoms with van der Waals surface area (Å²) in [5.41, 5.74) is 1.04. The highest BCUT2D eigenvalue weighted by atomic mass is 32.2. The molecule has 0 spiro atoms. The number of hydrogen-bond donors (Lipinski definition) is 1. The highest BCUT2D eigenvalue weighted by Gasteiger charge is 2.31. The third-order valence-electron chi connectivity index (χ3n) is 5.57. The fourth-order valence-corrected chi connectivity index (χ4v) is 6.11. The van der Waals surface area contributed by atoms with Gasteiger partial charge in [0, 0.05) is 29.1 Å². The van der Waals surface area contributed by atoms with Gasteiger partial charge in [0.1, 0.15) is 0 Å². The molecule has 8 nitrogen and oxygen atoms in total. The van der Waals surface area contributed by atoms with Crippen molar-refractivity contribution in [2.45, 2.75) is 30.1 Å². The summed E-state index contributed by atoms with van der Waals surface area (Å²) < 4.78 is 33.1. The number of nitrogens with one attached hydrogen (secondary N) is 1. The monoisotopic (exact) mass is 486 g/mol. The first-order valence-corrected chi connectivity index (χ1v) is 13.3. The Hall–Kier alpha value is -2.69. The molecule has 33 heavy (non-hydrogen) atoms. The molecule has 1 aliphatic rings. The van der Waals surface area contributed by atoms with Crippen LogP contribution in [0.1, 0.15) is 30.6 Å². The van der Waals surface area contributed by atoms with Gasteiger partial charge in [0.05, 0.1) is 4.90 Å². The van der Waals surface area contributed by atoms with Crippen molar-refractivity contribution >= 4 is 33.7 Å². The maximum Gasteiger partial charge on any atom is 0.322 e. The normalized spacial score (nSPS) is 19.4. The van der Waals surface area contributed by atoms with Crippen LogP contribution >= 0.6 is 11.8 Å². The zero-order valence-electron chi connectivity index (χ0n) is 18.7. The van der Waals surface area contributed by atoms with E-state index in [1.807, 2.05) is 30.5 Å². The average Bonchev–Trinajstić information content (AvgIpc) is 3.27. The van der Waals surface area contributed by atoms with Crippen molar-refractivity contribution in [1.29, 1.82) is 0 Å². The fraction of sp³-hybridized carbons (Fsp3) is 0.348. The third-order valence-corrected chi connectivity index (χ3v) is 8.16. The van der Waals surface area contributed by atoms with Crippen molar-refractivity contribution < 1.29 is 17.6 Å². The fourth-order valence-electron chi connectivity index (χ4n) is 4.02. The van der Waals surface area contributed by atoms with Gasteiger partial charge in [-0.25, -0.2) is 8.42 Å². The Morgan fingerprint density at radius 3 is 2.27 bits per heavy atom. The lowest BCUT2D eigenvalue weighted by Gasteiger charge is -2.34. The summed E-state index contributed by atoms with van der Waals surface area (Å²) in [5, 5.41) is 10.4. The summed E-state index contributed by atoms with van der Waals surface area (Å²) in [7, 11) is -3.60. The minimum atomic E-state index is -3.60. The number of benzene rings is 2. The van der Waals surface area contributed by atoms with E-state index in [1.54, 1.807) is 11.8 Å². The molecule has 0 unspecified atom stereocenters. The summed E-state index contributed by atoms with van der Waals surface area (Å²) >= 11 is 1.63. The van der Waals surface area contributed by atoms with E-state index in [0.29, 0.717) is 36.4 Å². The van der Waals surface area contributed by atoms with Crippen molar-refractivity contribution in [3.8, 4) is 11.5 Å². The zero-order valence-corrected chi connectivity index (χ0v) is 20.3. The number of carbonyl (C=O) groups excluding carboxylic acids is 1. The van der Waals surface area contributed by atoms with Crippen LogP contribution in [0.2, 0.25) is 0 Å². The molecule has 1 amide bonds. The van der Waals surface area contributed by atoms with Crippen LogP contribution in [0.3, 0.4) is 0 Å². The molecule has 3 aromatic rings. The quantitative estimate of drug-likeness (QED) is 0.516. The molecule has 0 aliphatic carbocycles. The molecule has 174 valence electrons. The number of aromatic nitrogens is 2. The van der Waals surface area contributed by atoms with E-state index in [1.165, 1.54) is 28.6 Å². The number of piperidine rings is 1. The van der Waals surface area contributed by atoms with Gasteiger partial charge in [0.15, 0.2) is 0 Å². The number of amides is 1. The second-order valence-corrected chi connectivity index (χ2v) is 11.2. The van der Waals surface area contributed by atoms with E-state index in [9.17, 15) is 13.2 Å². The minimum absolute atomic E-state index is 0.0306. The molecular formula is C23H26N4O4S2. The van der Waals surface area contributed by atoms with Gasteiger partial charge in [-0.15, -0.1) is 16.9 Å². The van der Waals surface area contributed by atoms with Crippen LogP contribution in [-0.2, 0) is 10.0 Å². The van der Waals surface area contributed by atoms with Gasteiger partial charge in [-0.2, -0.15) is 4.31 Å². The highest BCUT2D eigenvalue weighted by molar-refractivity contribution is 7.98. The standard InChI is InChI=1S/C23H26N4O4S2/c1-15-12-16(2)14-27(13-15)33(29,30)20-10-6-17(7-11-20)21(28)24-23-26-25-22(31-23)18-4-8-19(32-3)9-5-18/h4-11,15-16H,12-14H2,1-3H3,(H,24,26,28)/t15-,16+. The lowest BCUT2D eigenvalue weighted by atomic mass is 9.94. The van der Waals surface area contributed by atoms with Gasteiger partial charge in [-0.3, -0.25) is 10.1 Å². The maximum atomic E-state index is 13.0. The summed E-state index contributed by atoms with van der Waals surface area (Å²) in [6, 6.07) is 13.5. The SMILES string of the molecule is CSc1ccc(-c2nnc(NC(=O)c3ccc(S(=O)(=O)N4C[C@H](C)C[C@H](C)C4)cc3)o2)cc1. The smallest absolute Gasteiger partial charge is 0.322 e. The van der Waals surface area contributed by atoms with E-state index in [2.05, 4.69) is 29.4 Å². The average molecular weight is 487 g/mol. The number of carbonyl (C=O) groups is 1. The van der Waals surface area contributed by atoms with E-state index in [0.717, 1.165) is 16.9 Å². The van der Waals surface area contributed by atoms with Gasteiger partial charge < -0.3 is 4.42 Å². The Labute approximate surface area is 197 Å². The van der Waals surface area contributed by atoms with Gasteiger partial charge in [-0.05, 0) is 73.0 Å². The summed E-state index contributed by atoms with van der Waals surface area (Å²) in [5.74, 6) is 0.462. The molecule has 1 N–H and O–H groups in total. The summed E-state index contributed by atoms with van der Waals surface area (Å²) in [4.78, 5) is 13.9. The molecular weight excluding hydrogens is 460 g/mol. The first-order chi connectivity index (χ1) is 15.8. The molecule has 1 aliphatic heterocycles. The van der Waals surface area contributed by atoms with Crippen molar-refractivity contribution in [3.63, 3.8) is 0 Å². The predicted octanol–water partition coefficient (Wildman–Crippen LogP) is 4.38. The Balaban J connectivity index is 1.44. The number of rotatable bonds is 6. The second-order valence-electron chi connectivity index (χ2n) is 8.39. The largest absolute Gasteiger partial charge is 0.403 e. The molecule has 1 fully saturated rings. The zero-order chi connectivity index (χ0) is 23.6. The van der Waals surface area contributed by atoms with Crippen LogP contribution in [0.25, 0.3) is 11.5 Å². The molecule has 0 radical (unpaired) electrons.